The Morgan fingerprint density at radius 2 is 2.00 bits per heavy atom. The molecule has 0 saturated carbocycles. The summed E-state index contributed by atoms with van der Waals surface area (Å²) in [6, 6.07) is 8.47. The molecule has 0 unspecified atom stereocenters. The molecular weight excluding hydrogens is 220 g/mol. The molecule has 0 aromatic heterocycles. The Labute approximate surface area is 102 Å². The number of likely N-dealkylation sites (N-methyl/N-ethyl adjacent to an activating group) is 1. The quantitative estimate of drug-likeness (QED) is 0.588. The van der Waals surface area contributed by atoms with E-state index in [1.54, 1.807) is 0 Å². The van der Waals surface area contributed by atoms with Gasteiger partial charge < -0.3 is 9.80 Å². The first kappa shape index (κ1) is 11.3. The number of halogens is 1. The van der Waals surface area contributed by atoms with E-state index >= 15 is 0 Å². The van der Waals surface area contributed by atoms with Crippen molar-refractivity contribution in [1.82, 2.24) is 0 Å². The van der Waals surface area contributed by atoms with Crippen LogP contribution in [0.25, 0.3) is 0 Å². The molecule has 0 saturated heterocycles. The molecule has 1 heterocycles. The summed E-state index contributed by atoms with van der Waals surface area (Å²) in [7, 11) is 2.13. The first-order valence-electron chi connectivity index (χ1n) is 5.50. The molecule has 1 aromatic rings. The van der Waals surface area contributed by atoms with Gasteiger partial charge in [0.15, 0.2) is 0 Å². The van der Waals surface area contributed by atoms with Gasteiger partial charge in [-0.3, -0.25) is 0 Å². The van der Waals surface area contributed by atoms with Gasteiger partial charge in [-0.1, -0.05) is 18.7 Å². The van der Waals surface area contributed by atoms with Crippen LogP contribution in [0.3, 0.4) is 0 Å². The second kappa shape index (κ2) is 4.79. The van der Waals surface area contributed by atoms with Crippen LogP contribution in [0, 0.1) is 0 Å². The average Bonchev–Trinajstić information content (AvgIpc) is 2.33. The van der Waals surface area contributed by atoms with Crippen LogP contribution in [-0.2, 0) is 0 Å². The monoisotopic (exact) mass is 236 g/mol. The van der Waals surface area contributed by atoms with Crippen LogP contribution < -0.4 is 9.80 Å². The maximum absolute atomic E-state index is 5.79. The third kappa shape index (κ3) is 2.17. The fraction of sp³-hybridized carbons (Fsp3) is 0.385. The van der Waals surface area contributed by atoms with Crippen molar-refractivity contribution < 1.29 is 0 Å². The highest BCUT2D eigenvalue weighted by atomic mass is 35.5. The molecule has 3 heteroatoms. The van der Waals surface area contributed by atoms with Gasteiger partial charge in [0.2, 0.25) is 0 Å². The van der Waals surface area contributed by atoms with Gasteiger partial charge in [0.05, 0.1) is 11.4 Å². The normalized spacial score (nSPS) is 14.9. The van der Waals surface area contributed by atoms with E-state index in [-0.39, 0.29) is 0 Å². The van der Waals surface area contributed by atoms with Gasteiger partial charge >= 0.3 is 0 Å². The Kier molecular flexibility index (Phi) is 3.39. The highest BCUT2D eigenvalue weighted by Crippen LogP contribution is 2.31. The van der Waals surface area contributed by atoms with Crippen molar-refractivity contribution in [3.05, 3.63) is 36.4 Å². The molecule has 0 atom stereocenters. The zero-order valence-corrected chi connectivity index (χ0v) is 10.4. The number of fused-ring (bicyclic) bond motifs is 1. The molecule has 86 valence electrons. The Morgan fingerprint density at radius 3 is 2.69 bits per heavy atom. The van der Waals surface area contributed by atoms with Crippen molar-refractivity contribution in [1.29, 1.82) is 0 Å². The lowest BCUT2D eigenvalue weighted by molar-refractivity contribution is 0.762. The minimum absolute atomic E-state index is 0.536. The fourth-order valence-electron chi connectivity index (χ4n) is 2.04. The van der Waals surface area contributed by atoms with E-state index in [9.17, 15) is 0 Å². The average molecular weight is 237 g/mol. The first-order chi connectivity index (χ1) is 7.72. The van der Waals surface area contributed by atoms with E-state index in [0.717, 1.165) is 25.2 Å². The van der Waals surface area contributed by atoms with Gasteiger partial charge in [-0.15, -0.1) is 11.6 Å². The fourth-order valence-corrected chi connectivity index (χ4v) is 2.13. The highest BCUT2D eigenvalue weighted by molar-refractivity contribution is 6.19. The van der Waals surface area contributed by atoms with Crippen LogP contribution in [0.4, 0.5) is 11.4 Å². The molecular formula is C13H17ClN2. The molecule has 2 nitrogen and oxygen atoms in total. The lowest BCUT2D eigenvalue weighted by atomic mass is 10.1. The second-order valence-electron chi connectivity index (χ2n) is 4.22. The molecule has 2 rings (SSSR count). The molecule has 0 amide bonds. The third-order valence-electron chi connectivity index (χ3n) is 2.94. The van der Waals surface area contributed by atoms with Gasteiger partial charge in [0.25, 0.3) is 0 Å². The Balaban J connectivity index is 2.24. The third-order valence-corrected chi connectivity index (χ3v) is 3.32. The highest BCUT2D eigenvalue weighted by Gasteiger charge is 2.19. The SMILES string of the molecule is C=C(CCl)CN1CCN(C)c2ccccc21. The first-order valence-corrected chi connectivity index (χ1v) is 6.03. The molecule has 1 aliphatic heterocycles. The van der Waals surface area contributed by atoms with Crippen LogP contribution in [0.15, 0.2) is 36.4 Å². The number of hydrogen-bond acceptors (Lipinski definition) is 2. The number of benzene rings is 1. The van der Waals surface area contributed by atoms with Crippen molar-refractivity contribution >= 4 is 23.0 Å². The number of hydrogen-bond donors (Lipinski definition) is 0. The van der Waals surface area contributed by atoms with Crippen molar-refractivity contribution in [2.24, 2.45) is 0 Å². The van der Waals surface area contributed by atoms with Crippen LogP contribution >= 0.6 is 11.6 Å². The number of alkyl halides is 1. The minimum atomic E-state index is 0.536. The number of rotatable bonds is 3. The number of para-hydroxylation sites is 2. The van der Waals surface area contributed by atoms with E-state index in [0.29, 0.717) is 5.88 Å². The van der Waals surface area contributed by atoms with Crippen LogP contribution in [0.2, 0.25) is 0 Å². The van der Waals surface area contributed by atoms with Gasteiger partial charge in [0, 0.05) is 32.6 Å². The molecule has 0 radical (unpaired) electrons. The van der Waals surface area contributed by atoms with E-state index in [4.69, 9.17) is 11.6 Å². The predicted molar refractivity (Wildman–Crippen MR) is 71.8 cm³/mol. The maximum atomic E-state index is 5.79. The van der Waals surface area contributed by atoms with Crippen LogP contribution in [0.1, 0.15) is 0 Å². The van der Waals surface area contributed by atoms with Gasteiger partial charge in [-0.05, 0) is 17.7 Å². The van der Waals surface area contributed by atoms with E-state index < -0.39 is 0 Å². The standard InChI is InChI=1S/C13H17ClN2/c1-11(9-14)10-16-8-7-15(2)12-5-3-4-6-13(12)16/h3-6H,1,7-10H2,2H3. The lowest BCUT2D eigenvalue weighted by Crippen LogP contribution is -2.40. The summed E-state index contributed by atoms with van der Waals surface area (Å²) in [5.41, 5.74) is 3.64. The topological polar surface area (TPSA) is 6.48 Å². The molecule has 0 N–H and O–H groups in total. The van der Waals surface area contributed by atoms with E-state index in [1.807, 2.05) is 0 Å². The zero-order valence-electron chi connectivity index (χ0n) is 9.62. The molecule has 0 bridgehead atoms. The summed E-state index contributed by atoms with van der Waals surface area (Å²) in [6.45, 7) is 6.91. The smallest absolute Gasteiger partial charge is 0.0607 e. The van der Waals surface area contributed by atoms with Gasteiger partial charge in [0.1, 0.15) is 0 Å². The summed E-state index contributed by atoms with van der Waals surface area (Å²) in [6.07, 6.45) is 0. The molecule has 1 aliphatic rings. The largest absolute Gasteiger partial charge is 0.371 e. The zero-order chi connectivity index (χ0) is 11.5. The summed E-state index contributed by atoms with van der Waals surface area (Å²) in [4.78, 5) is 4.63. The molecule has 1 aromatic carbocycles. The molecule has 0 spiro atoms. The van der Waals surface area contributed by atoms with Crippen LogP contribution in [-0.4, -0.2) is 32.6 Å². The van der Waals surface area contributed by atoms with Crippen LogP contribution in [0.5, 0.6) is 0 Å². The molecule has 0 aliphatic carbocycles. The predicted octanol–water partition coefficient (Wildman–Crippen LogP) is 2.74. The van der Waals surface area contributed by atoms with Gasteiger partial charge in [-0.25, -0.2) is 0 Å². The van der Waals surface area contributed by atoms with E-state index in [1.165, 1.54) is 11.4 Å². The summed E-state index contributed by atoms with van der Waals surface area (Å²) < 4.78 is 0. The summed E-state index contributed by atoms with van der Waals surface area (Å²) >= 11 is 5.79. The Bertz CT molecular complexity index is 389. The number of nitrogens with zero attached hydrogens (tertiary/aromatic N) is 2. The number of anilines is 2. The van der Waals surface area contributed by atoms with Crippen molar-refractivity contribution in [3.8, 4) is 0 Å². The lowest BCUT2D eigenvalue weighted by Gasteiger charge is -2.37. The second-order valence-corrected chi connectivity index (χ2v) is 4.48. The molecule has 16 heavy (non-hydrogen) atoms. The van der Waals surface area contributed by atoms with Crippen molar-refractivity contribution in [2.75, 3.05) is 42.4 Å². The Hall–Kier alpha value is -1.15. The van der Waals surface area contributed by atoms with Crippen molar-refractivity contribution in [3.63, 3.8) is 0 Å². The summed E-state index contributed by atoms with van der Waals surface area (Å²) in [5.74, 6) is 0.536. The summed E-state index contributed by atoms with van der Waals surface area (Å²) in [5, 5.41) is 0. The molecule has 0 fully saturated rings. The minimum Gasteiger partial charge on any atom is -0.371 e. The maximum Gasteiger partial charge on any atom is 0.0607 e. The Morgan fingerprint density at radius 1 is 1.31 bits per heavy atom. The van der Waals surface area contributed by atoms with Gasteiger partial charge in [-0.2, -0.15) is 0 Å². The van der Waals surface area contributed by atoms with Crippen molar-refractivity contribution in [2.45, 2.75) is 0 Å². The van der Waals surface area contributed by atoms with E-state index in [2.05, 4.69) is 47.7 Å².